The SMILES string of the molecule is CNC(=O)c1cc(Oc2ccc(N(C(N)=O)c3ccc(Cl)c(C(F)(F)F)c3)cc2)ccn1.O=C(O)/C=C\C(=O)O. The minimum absolute atomic E-state index is 0.104. The molecule has 0 aliphatic heterocycles. The largest absolute Gasteiger partial charge is 0.478 e. The van der Waals surface area contributed by atoms with Crippen molar-refractivity contribution in [3.8, 4) is 11.5 Å². The van der Waals surface area contributed by atoms with Crippen LogP contribution in [-0.2, 0) is 15.8 Å². The number of amides is 3. The Bertz CT molecular complexity index is 1410. The topological polar surface area (TPSA) is 172 Å². The van der Waals surface area contributed by atoms with Gasteiger partial charge in [0.25, 0.3) is 5.91 Å². The van der Waals surface area contributed by atoms with Crippen LogP contribution >= 0.6 is 11.6 Å². The molecule has 0 unspecified atom stereocenters. The van der Waals surface area contributed by atoms with E-state index in [1.807, 2.05) is 0 Å². The van der Waals surface area contributed by atoms with Crippen molar-refractivity contribution >= 4 is 46.9 Å². The molecule has 0 saturated carbocycles. The summed E-state index contributed by atoms with van der Waals surface area (Å²) in [4.78, 5) is 47.6. The number of ether oxygens (including phenoxy) is 1. The Hall–Kier alpha value is -5.11. The van der Waals surface area contributed by atoms with Crippen molar-refractivity contribution in [2.24, 2.45) is 5.73 Å². The average molecular weight is 581 g/mol. The van der Waals surface area contributed by atoms with E-state index < -0.39 is 34.7 Å². The van der Waals surface area contributed by atoms with E-state index in [2.05, 4.69) is 10.3 Å². The molecule has 2 aromatic carbocycles. The smallest absolute Gasteiger partial charge is 0.417 e. The maximum absolute atomic E-state index is 13.2. The zero-order valence-electron chi connectivity index (χ0n) is 20.3. The molecular formula is C25H20ClF3N4O7. The number of halogens is 4. The number of rotatable bonds is 7. The van der Waals surface area contributed by atoms with Crippen molar-refractivity contribution in [3.63, 3.8) is 0 Å². The lowest BCUT2D eigenvalue weighted by atomic mass is 10.1. The molecule has 3 rings (SSSR count). The van der Waals surface area contributed by atoms with Gasteiger partial charge in [-0.2, -0.15) is 13.2 Å². The van der Waals surface area contributed by atoms with Crippen molar-refractivity contribution in [1.82, 2.24) is 10.3 Å². The molecule has 11 nitrogen and oxygen atoms in total. The molecular weight excluding hydrogens is 561 g/mol. The lowest BCUT2D eigenvalue weighted by Gasteiger charge is -2.22. The van der Waals surface area contributed by atoms with Gasteiger partial charge in [-0.05, 0) is 48.5 Å². The van der Waals surface area contributed by atoms with Crippen LogP contribution in [0.5, 0.6) is 11.5 Å². The van der Waals surface area contributed by atoms with Crippen LogP contribution in [0, 0.1) is 0 Å². The summed E-state index contributed by atoms with van der Waals surface area (Å²) in [5.74, 6) is -2.21. The number of carboxylic acids is 2. The molecule has 3 amide bonds. The van der Waals surface area contributed by atoms with Gasteiger partial charge in [0.05, 0.1) is 22.0 Å². The molecule has 0 aliphatic rings. The second kappa shape index (κ2) is 13.6. The van der Waals surface area contributed by atoms with E-state index >= 15 is 0 Å². The minimum atomic E-state index is -4.70. The zero-order chi connectivity index (χ0) is 30.0. The number of alkyl halides is 3. The Kier molecular flexibility index (Phi) is 10.6. The first-order valence-electron chi connectivity index (χ1n) is 10.8. The lowest BCUT2D eigenvalue weighted by molar-refractivity contribution is -0.137. The van der Waals surface area contributed by atoms with Gasteiger partial charge in [0.15, 0.2) is 0 Å². The highest BCUT2D eigenvalue weighted by atomic mass is 35.5. The van der Waals surface area contributed by atoms with E-state index in [9.17, 15) is 32.3 Å². The Morgan fingerprint density at radius 1 is 0.950 bits per heavy atom. The third kappa shape index (κ3) is 9.02. The highest BCUT2D eigenvalue weighted by molar-refractivity contribution is 6.31. The van der Waals surface area contributed by atoms with E-state index in [-0.39, 0.29) is 23.0 Å². The predicted octanol–water partition coefficient (Wildman–Crippen LogP) is 4.83. The molecule has 0 atom stereocenters. The molecule has 0 saturated heterocycles. The second-order valence-corrected chi connectivity index (χ2v) is 7.80. The second-order valence-electron chi connectivity index (χ2n) is 7.40. The summed E-state index contributed by atoms with van der Waals surface area (Å²) < 4.78 is 45.2. The Morgan fingerprint density at radius 3 is 2.02 bits per heavy atom. The summed E-state index contributed by atoms with van der Waals surface area (Å²) in [7, 11) is 1.47. The van der Waals surface area contributed by atoms with Crippen LogP contribution in [-0.4, -0.2) is 46.1 Å². The minimum Gasteiger partial charge on any atom is -0.478 e. The fraction of sp³-hybridized carbons (Fsp3) is 0.0800. The maximum atomic E-state index is 13.2. The van der Waals surface area contributed by atoms with Crippen molar-refractivity contribution in [1.29, 1.82) is 0 Å². The standard InChI is InChI=1S/C21H16ClF3N4O3.C4H4O4/c1-27-19(30)18-11-15(8-9-28-18)32-14-5-2-12(3-6-14)29(20(26)31)13-4-7-17(22)16(10-13)21(23,24)25;5-3(6)1-2-4(7)8/h2-11H,1H3,(H2,26,31)(H,27,30);1-2H,(H,5,6)(H,7,8)/b;2-1-. The van der Waals surface area contributed by atoms with E-state index in [0.717, 1.165) is 17.0 Å². The first-order chi connectivity index (χ1) is 18.7. The Balaban J connectivity index is 0.000000611. The maximum Gasteiger partial charge on any atom is 0.417 e. The van der Waals surface area contributed by atoms with Crippen LogP contribution in [0.1, 0.15) is 16.1 Å². The summed E-state index contributed by atoms with van der Waals surface area (Å²) in [6.07, 6.45) is -2.18. The molecule has 3 aromatic rings. The molecule has 40 heavy (non-hydrogen) atoms. The molecule has 210 valence electrons. The molecule has 0 bridgehead atoms. The monoisotopic (exact) mass is 580 g/mol. The number of primary amides is 1. The van der Waals surface area contributed by atoms with Gasteiger partial charge in [-0.3, -0.25) is 14.7 Å². The van der Waals surface area contributed by atoms with Gasteiger partial charge in [0.1, 0.15) is 17.2 Å². The van der Waals surface area contributed by atoms with Gasteiger partial charge in [-0.15, -0.1) is 0 Å². The van der Waals surface area contributed by atoms with Gasteiger partial charge in [0.2, 0.25) is 0 Å². The highest BCUT2D eigenvalue weighted by Gasteiger charge is 2.34. The van der Waals surface area contributed by atoms with Crippen molar-refractivity contribution in [2.75, 3.05) is 11.9 Å². The highest BCUT2D eigenvalue weighted by Crippen LogP contribution is 2.38. The number of anilines is 2. The lowest BCUT2D eigenvalue weighted by Crippen LogP contribution is -2.31. The first kappa shape index (κ1) is 31.1. The summed E-state index contributed by atoms with van der Waals surface area (Å²) in [6, 6.07) is 10.9. The average Bonchev–Trinajstić information content (AvgIpc) is 2.89. The number of nitrogens with zero attached hydrogens (tertiary/aromatic N) is 2. The number of hydrogen-bond acceptors (Lipinski definition) is 6. The third-order valence-corrected chi connectivity index (χ3v) is 4.95. The van der Waals surface area contributed by atoms with E-state index in [4.69, 9.17) is 32.3 Å². The number of urea groups is 1. The molecule has 15 heteroatoms. The molecule has 0 spiro atoms. The van der Waals surface area contributed by atoms with Crippen LogP contribution < -0.4 is 20.7 Å². The number of nitrogens with two attached hydrogens (primary N) is 1. The quantitative estimate of drug-likeness (QED) is 0.287. The number of aromatic nitrogens is 1. The van der Waals surface area contributed by atoms with Gasteiger partial charge in [0, 0.05) is 31.5 Å². The summed E-state index contributed by atoms with van der Waals surface area (Å²) in [5, 5.41) is 17.6. The predicted molar refractivity (Wildman–Crippen MR) is 137 cm³/mol. The zero-order valence-corrected chi connectivity index (χ0v) is 21.1. The van der Waals surface area contributed by atoms with E-state index in [1.165, 1.54) is 49.6 Å². The Labute approximate surface area is 229 Å². The first-order valence-corrected chi connectivity index (χ1v) is 11.2. The molecule has 1 heterocycles. The number of nitrogens with one attached hydrogen (secondary N) is 1. The van der Waals surface area contributed by atoms with Crippen LogP contribution in [0.25, 0.3) is 0 Å². The van der Waals surface area contributed by atoms with E-state index in [0.29, 0.717) is 23.7 Å². The summed E-state index contributed by atoms with van der Waals surface area (Å²) >= 11 is 5.65. The van der Waals surface area contributed by atoms with Crippen molar-refractivity contribution in [2.45, 2.75) is 6.18 Å². The molecule has 1 aromatic heterocycles. The molecule has 0 radical (unpaired) electrons. The van der Waals surface area contributed by atoms with Crippen LogP contribution in [0.4, 0.5) is 29.3 Å². The fourth-order valence-electron chi connectivity index (χ4n) is 2.94. The van der Waals surface area contributed by atoms with Gasteiger partial charge in [-0.1, -0.05) is 11.6 Å². The van der Waals surface area contributed by atoms with Crippen molar-refractivity contribution in [3.05, 3.63) is 89.2 Å². The third-order valence-electron chi connectivity index (χ3n) is 4.62. The molecule has 5 N–H and O–H groups in total. The van der Waals surface area contributed by atoms with Crippen molar-refractivity contribution < 1.29 is 47.3 Å². The van der Waals surface area contributed by atoms with Crippen LogP contribution in [0.3, 0.4) is 0 Å². The Morgan fingerprint density at radius 2 is 1.52 bits per heavy atom. The number of aliphatic carboxylic acids is 2. The number of benzene rings is 2. The van der Waals surface area contributed by atoms with Gasteiger partial charge >= 0.3 is 24.1 Å². The summed E-state index contributed by atoms with van der Waals surface area (Å²) in [6.45, 7) is 0. The number of carboxylic acid groups (broad SMARTS) is 2. The van der Waals surface area contributed by atoms with Crippen LogP contribution in [0.2, 0.25) is 5.02 Å². The number of carbonyl (C=O) groups excluding carboxylic acids is 2. The van der Waals surface area contributed by atoms with Crippen LogP contribution in [0.15, 0.2) is 72.9 Å². The van der Waals surface area contributed by atoms with Gasteiger partial charge < -0.3 is 26.0 Å². The number of hydrogen-bond donors (Lipinski definition) is 4. The van der Waals surface area contributed by atoms with E-state index in [1.54, 1.807) is 6.07 Å². The number of carbonyl (C=O) groups is 4. The van der Waals surface area contributed by atoms with Gasteiger partial charge in [-0.25, -0.2) is 14.4 Å². The molecule has 0 fully saturated rings. The fourth-order valence-corrected chi connectivity index (χ4v) is 3.17. The molecule has 0 aliphatic carbocycles. The number of pyridine rings is 1. The summed E-state index contributed by atoms with van der Waals surface area (Å²) in [5.41, 5.74) is 4.59. The normalized spacial score (nSPS) is 10.7.